The molecule has 0 aliphatic rings. The van der Waals surface area contributed by atoms with E-state index in [0.29, 0.717) is 24.5 Å². The summed E-state index contributed by atoms with van der Waals surface area (Å²) >= 11 is 2.85. The van der Waals surface area contributed by atoms with Crippen LogP contribution in [0.3, 0.4) is 0 Å². The zero-order chi connectivity index (χ0) is 29.0. The number of rotatable bonds is 5. The van der Waals surface area contributed by atoms with Crippen LogP contribution < -0.4 is 10.0 Å². The Labute approximate surface area is 220 Å². The van der Waals surface area contributed by atoms with Crippen molar-refractivity contribution in [3.63, 3.8) is 0 Å². The predicted octanol–water partition coefficient (Wildman–Crippen LogP) is 2.09. The van der Waals surface area contributed by atoms with Gasteiger partial charge in [0.1, 0.15) is 17.5 Å². The van der Waals surface area contributed by atoms with Gasteiger partial charge in [-0.05, 0) is 47.5 Å². The molecular weight excluding hydrogens is 582 g/mol. The third kappa shape index (κ3) is 10.9. The highest BCUT2D eigenvalue weighted by molar-refractivity contribution is 9.10. The molecule has 38 heavy (non-hydrogen) atoms. The summed E-state index contributed by atoms with van der Waals surface area (Å²) < 4.78 is 28.1. The highest BCUT2D eigenvalue weighted by Gasteiger charge is 2.13. The molecule has 2 heterocycles. The maximum atomic E-state index is 13.8. The largest absolute Gasteiger partial charge is 0.619 e. The lowest BCUT2D eigenvalue weighted by atomic mass is 10.2. The van der Waals surface area contributed by atoms with Gasteiger partial charge in [0.05, 0.1) is 4.47 Å². The molecule has 0 aliphatic carbocycles. The first kappa shape index (κ1) is 31.3. The number of carbonyl (C=O) groups is 4. The highest BCUT2D eigenvalue weighted by atomic mass is 79.9. The van der Waals surface area contributed by atoms with E-state index in [2.05, 4.69) is 31.2 Å². The summed E-state index contributed by atoms with van der Waals surface area (Å²) in [6, 6.07) is 7.66. The number of hydrogen-bond donors (Lipinski definition) is 5. The molecule has 0 amide bonds. The van der Waals surface area contributed by atoms with Crippen molar-refractivity contribution in [2.45, 2.75) is 13.3 Å². The van der Waals surface area contributed by atoms with Crippen LogP contribution in [0.5, 0.6) is 0 Å². The Balaban J connectivity index is 0.000000503. The van der Waals surface area contributed by atoms with E-state index in [1.165, 1.54) is 24.5 Å². The fourth-order valence-electron chi connectivity index (χ4n) is 2.46. The second-order valence-corrected chi connectivity index (χ2v) is 7.73. The maximum Gasteiger partial charge on any atom is 0.414 e. The molecule has 13 nitrogen and oxygen atoms in total. The molecule has 3 aromatic rings. The predicted molar refractivity (Wildman–Crippen MR) is 128 cm³/mol. The molecule has 0 fully saturated rings. The molecule has 0 radical (unpaired) electrons. The minimum absolute atomic E-state index is 0.217. The number of nitrogens with one attached hydrogen (secondary N) is 1. The second kappa shape index (κ2) is 14.7. The zero-order valence-corrected chi connectivity index (χ0v) is 20.8. The third-order valence-corrected chi connectivity index (χ3v) is 4.78. The van der Waals surface area contributed by atoms with Crippen molar-refractivity contribution in [3.05, 3.63) is 75.3 Å². The molecule has 0 saturated heterocycles. The molecular formula is C22H19BrF2N4O9. The van der Waals surface area contributed by atoms with Crippen LogP contribution in [0.1, 0.15) is 11.3 Å². The minimum atomic E-state index is -1.82. The summed E-state index contributed by atoms with van der Waals surface area (Å²) in [5.41, 5.74) is 1.81. The molecule has 0 unspecified atom stereocenters. The Bertz CT molecular complexity index is 1270. The van der Waals surface area contributed by atoms with Gasteiger partial charge in [0, 0.05) is 35.5 Å². The summed E-state index contributed by atoms with van der Waals surface area (Å²) in [7, 11) is 0. The molecule has 5 N–H and O–H groups in total. The van der Waals surface area contributed by atoms with Gasteiger partial charge in [0.2, 0.25) is 0 Å². The standard InChI is InChI=1S/C18H15BrF2N4O.2C2H2O4/c1-11-7-16(22-5-4-12-3-2-6-25(26)10-12)24-18(23-11)13-8-14(20)17(19)15(21)9-13;2*3-1(4)2(5)6/h2-3,6-10H,4-5H2,1H3,(H,22,23,24);2*(H,3,4)(H,5,6). The fourth-order valence-corrected chi connectivity index (χ4v) is 2.69. The number of carboxylic acids is 4. The summed E-state index contributed by atoms with van der Waals surface area (Å²) in [4.78, 5) is 45.0. The lowest BCUT2D eigenvalue weighted by Gasteiger charge is -2.09. The van der Waals surface area contributed by atoms with Crippen LogP contribution in [0.15, 0.2) is 47.2 Å². The van der Waals surface area contributed by atoms with Crippen LogP contribution in [-0.2, 0) is 25.6 Å². The topological polar surface area (TPSA) is 214 Å². The Morgan fingerprint density at radius 1 is 0.974 bits per heavy atom. The molecule has 202 valence electrons. The van der Waals surface area contributed by atoms with Crippen LogP contribution >= 0.6 is 15.9 Å². The van der Waals surface area contributed by atoms with Gasteiger partial charge in [-0.1, -0.05) is 0 Å². The summed E-state index contributed by atoms with van der Waals surface area (Å²) in [6.45, 7) is 2.32. The number of benzene rings is 1. The maximum absolute atomic E-state index is 13.8. The minimum Gasteiger partial charge on any atom is -0.619 e. The Hall–Kier alpha value is -4.73. The summed E-state index contributed by atoms with van der Waals surface area (Å²) in [6.07, 6.45) is 3.56. The number of nitrogens with zero attached hydrogens (tertiary/aromatic N) is 3. The number of carboxylic acid groups (broad SMARTS) is 4. The quantitative estimate of drug-likeness (QED) is 0.123. The second-order valence-electron chi connectivity index (χ2n) is 6.94. The van der Waals surface area contributed by atoms with Crippen LogP contribution in [0.4, 0.5) is 14.6 Å². The van der Waals surface area contributed by atoms with Gasteiger partial charge in [-0.15, -0.1) is 0 Å². The summed E-state index contributed by atoms with van der Waals surface area (Å²) in [5.74, 6) is -7.95. The zero-order valence-electron chi connectivity index (χ0n) is 19.3. The van der Waals surface area contributed by atoms with Crippen LogP contribution in [-0.4, -0.2) is 60.8 Å². The first-order valence-corrected chi connectivity index (χ1v) is 10.8. The van der Waals surface area contributed by atoms with Crippen molar-refractivity contribution in [1.29, 1.82) is 0 Å². The van der Waals surface area contributed by atoms with Crippen molar-refractivity contribution >= 4 is 45.6 Å². The van der Waals surface area contributed by atoms with Crippen molar-refractivity contribution in [2.24, 2.45) is 0 Å². The third-order valence-electron chi connectivity index (χ3n) is 4.02. The monoisotopic (exact) mass is 600 g/mol. The van der Waals surface area contributed by atoms with Crippen LogP contribution in [0.25, 0.3) is 11.4 Å². The van der Waals surface area contributed by atoms with E-state index < -0.39 is 35.5 Å². The van der Waals surface area contributed by atoms with Gasteiger partial charge in [0.15, 0.2) is 18.2 Å². The number of halogens is 3. The van der Waals surface area contributed by atoms with Gasteiger partial charge in [-0.3, -0.25) is 0 Å². The Morgan fingerprint density at radius 3 is 1.97 bits per heavy atom. The Kier molecular flexibility index (Phi) is 12.1. The Morgan fingerprint density at radius 2 is 1.50 bits per heavy atom. The molecule has 0 atom stereocenters. The molecule has 1 aromatic carbocycles. The SMILES string of the molecule is Cc1cc(NCCc2ccc[n+]([O-])c2)nc(-c2cc(F)c(Br)c(F)c2)n1.O=C(O)C(=O)O.O=C(O)C(=O)O. The van der Waals surface area contributed by atoms with E-state index in [-0.39, 0.29) is 15.9 Å². The summed E-state index contributed by atoms with van der Waals surface area (Å²) in [5, 5.41) is 44.0. The molecule has 0 bridgehead atoms. The number of aliphatic carboxylic acids is 4. The number of aryl methyl sites for hydroxylation is 1. The molecule has 2 aromatic heterocycles. The van der Waals surface area contributed by atoms with E-state index in [1.807, 2.05) is 6.07 Å². The lowest BCUT2D eigenvalue weighted by molar-refractivity contribution is -0.605. The first-order chi connectivity index (χ1) is 17.7. The van der Waals surface area contributed by atoms with Crippen LogP contribution in [0.2, 0.25) is 0 Å². The van der Waals surface area contributed by atoms with Gasteiger partial charge in [-0.25, -0.2) is 37.9 Å². The van der Waals surface area contributed by atoms with Gasteiger partial charge in [0.25, 0.3) is 0 Å². The normalized spacial score (nSPS) is 9.68. The number of aromatic nitrogens is 3. The number of hydrogen-bond acceptors (Lipinski definition) is 8. The first-order valence-electron chi connectivity index (χ1n) is 10.1. The van der Waals surface area contributed by atoms with E-state index in [9.17, 15) is 14.0 Å². The molecule has 3 rings (SSSR count). The molecule has 0 spiro atoms. The average molecular weight is 601 g/mol. The van der Waals surface area contributed by atoms with E-state index in [4.69, 9.17) is 39.6 Å². The van der Waals surface area contributed by atoms with E-state index >= 15 is 0 Å². The molecule has 16 heteroatoms. The van der Waals surface area contributed by atoms with Crippen LogP contribution in [0, 0.1) is 23.8 Å². The van der Waals surface area contributed by atoms with Crippen molar-refractivity contribution in [1.82, 2.24) is 9.97 Å². The number of anilines is 1. The van der Waals surface area contributed by atoms with Gasteiger partial charge >= 0.3 is 23.9 Å². The van der Waals surface area contributed by atoms with E-state index in [0.717, 1.165) is 10.3 Å². The lowest BCUT2D eigenvalue weighted by Crippen LogP contribution is -2.25. The smallest absolute Gasteiger partial charge is 0.414 e. The van der Waals surface area contributed by atoms with Crippen molar-refractivity contribution in [3.8, 4) is 11.4 Å². The average Bonchev–Trinajstić information content (AvgIpc) is 2.82. The highest BCUT2D eigenvalue weighted by Crippen LogP contribution is 2.26. The molecule has 0 aliphatic heterocycles. The van der Waals surface area contributed by atoms with Gasteiger partial charge < -0.3 is 31.0 Å². The molecule has 0 saturated carbocycles. The van der Waals surface area contributed by atoms with Gasteiger partial charge in [-0.2, -0.15) is 4.73 Å². The number of pyridine rings is 1. The van der Waals surface area contributed by atoms with E-state index in [1.54, 1.807) is 19.1 Å². The van der Waals surface area contributed by atoms with Crippen molar-refractivity contribution in [2.75, 3.05) is 11.9 Å². The van der Waals surface area contributed by atoms with Crippen molar-refractivity contribution < 1.29 is 53.1 Å². The fraction of sp³-hybridized carbons (Fsp3) is 0.136.